The van der Waals surface area contributed by atoms with Crippen LogP contribution in [-0.4, -0.2) is 65.2 Å². The van der Waals surface area contributed by atoms with Gasteiger partial charge in [-0.05, 0) is 45.2 Å². The zero-order valence-corrected chi connectivity index (χ0v) is 18.9. The number of ether oxygens (including phenoxy) is 1. The molecule has 182 valence electrons. The Morgan fingerprint density at radius 3 is 2.45 bits per heavy atom. The summed E-state index contributed by atoms with van der Waals surface area (Å²) < 4.78 is 46.5. The summed E-state index contributed by atoms with van der Waals surface area (Å²) in [5.41, 5.74) is 4.37. The third kappa shape index (κ3) is 6.08. The van der Waals surface area contributed by atoms with Gasteiger partial charge >= 0.3 is 12.1 Å². The van der Waals surface area contributed by atoms with E-state index < -0.39 is 41.2 Å². The molecule has 0 aromatic heterocycles. The highest BCUT2D eigenvalue weighted by molar-refractivity contribution is 5.79. The maximum absolute atomic E-state index is 14.2. The zero-order valence-electron chi connectivity index (χ0n) is 18.9. The van der Waals surface area contributed by atoms with Crippen molar-refractivity contribution in [2.45, 2.75) is 57.7 Å². The highest BCUT2D eigenvalue weighted by atomic mass is 19.2. The van der Waals surface area contributed by atoms with Crippen molar-refractivity contribution in [3.05, 3.63) is 35.1 Å². The average molecular weight is 470 g/mol. The number of alkyl carbamates (subject to hydrolysis) is 1. The summed E-state index contributed by atoms with van der Waals surface area (Å²) in [7, 11) is 0. The molecular weight excluding hydrogens is 441 g/mol. The van der Waals surface area contributed by atoms with Crippen molar-refractivity contribution in [3.63, 3.8) is 0 Å². The quantitative estimate of drug-likeness (QED) is 0.646. The molecule has 0 radical (unpaired) electrons. The summed E-state index contributed by atoms with van der Waals surface area (Å²) in [4.78, 5) is 40.1. The summed E-state index contributed by atoms with van der Waals surface area (Å²) in [6.07, 6.45) is -0.563. The maximum atomic E-state index is 14.2. The number of nitrogens with two attached hydrogens (primary N) is 1. The predicted octanol–water partition coefficient (Wildman–Crippen LogP) is 2.54. The maximum Gasteiger partial charge on any atom is 0.407 e. The van der Waals surface area contributed by atoms with Crippen LogP contribution in [0.5, 0.6) is 0 Å². The molecule has 0 spiro atoms. The highest BCUT2D eigenvalue weighted by Gasteiger charge is 2.44. The van der Waals surface area contributed by atoms with Gasteiger partial charge in [-0.1, -0.05) is 0 Å². The van der Waals surface area contributed by atoms with Crippen molar-refractivity contribution >= 4 is 18.0 Å². The van der Waals surface area contributed by atoms with Gasteiger partial charge in [-0.15, -0.1) is 0 Å². The van der Waals surface area contributed by atoms with Crippen LogP contribution in [0.1, 0.15) is 39.2 Å². The topological polar surface area (TPSA) is 105 Å². The number of amides is 4. The number of carbonyl (C=O) groups is 3. The van der Waals surface area contributed by atoms with Gasteiger partial charge in [0.2, 0.25) is 5.91 Å². The molecule has 1 aromatic carbocycles. The molecule has 3 atom stereocenters. The lowest BCUT2D eigenvalue weighted by Crippen LogP contribution is -2.46. The molecule has 2 heterocycles. The van der Waals surface area contributed by atoms with Crippen molar-refractivity contribution in [3.8, 4) is 0 Å². The lowest BCUT2D eigenvalue weighted by atomic mass is 10.0. The molecule has 0 bridgehead atoms. The van der Waals surface area contributed by atoms with E-state index in [1.54, 1.807) is 25.7 Å². The number of hydrogen-bond acceptors (Lipinski definition) is 4. The first kappa shape index (κ1) is 24.7. The fourth-order valence-electron chi connectivity index (χ4n) is 4.41. The number of carbonyl (C=O) groups excluding carboxylic acids is 3. The summed E-state index contributed by atoms with van der Waals surface area (Å²) in [5.74, 6) is -3.73. The summed E-state index contributed by atoms with van der Waals surface area (Å²) in [6.45, 7) is 6.28. The van der Waals surface area contributed by atoms with E-state index in [4.69, 9.17) is 10.5 Å². The average Bonchev–Trinajstić information content (AvgIpc) is 3.25. The van der Waals surface area contributed by atoms with E-state index in [0.29, 0.717) is 38.2 Å². The summed E-state index contributed by atoms with van der Waals surface area (Å²) in [6, 6.07) is -0.521. The Balaban J connectivity index is 1.75. The van der Waals surface area contributed by atoms with Crippen LogP contribution >= 0.6 is 0 Å². The minimum Gasteiger partial charge on any atom is -0.444 e. The minimum atomic E-state index is -1.33. The molecule has 0 aliphatic carbocycles. The van der Waals surface area contributed by atoms with Crippen LogP contribution in [-0.2, 0) is 16.0 Å². The van der Waals surface area contributed by atoms with Crippen LogP contribution < -0.4 is 11.1 Å². The fraction of sp³-hybridized carbons (Fsp3) is 0.591. The largest absolute Gasteiger partial charge is 0.444 e. The van der Waals surface area contributed by atoms with Gasteiger partial charge in [-0.3, -0.25) is 4.79 Å². The first-order chi connectivity index (χ1) is 15.3. The highest BCUT2D eigenvalue weighted by Crippen LogP contribution is 2.32. The van der Waals surface area contributed by atoms with Gasteiger partial charge in [0.15, 0.2) is 11.6 Å². The Labute approximate surface area is 190 Å². The number of urea groups is 1. The standard InChI is InChI=1S/C22H29F3N4O4/c1-22(2,3)33-21(32)27-14(6-13-7-16(24)17(25)9-15(13)23)8-19(30)29-5-4-12-10-28(20(26)31)11-18(12)29/h7,9,12,14,18H,4-6,8,10-11H2,1-3H3,(H2,26,31)(H,27,32)/t12-,14+,18+/m0/s1. The number of primary amides is 1. The molecule has 8 nitrogen and oxygen atoms in total. The second-order valence-corrected chi connectivity index (χ2v) is 9.56. The van der Waals surface area contributed by atoms with Gasteiger partial charge in [0.25, 0.3) is 0 Å². The van der Waals surface area contributed by atoms with E-state index in [2.05, 4.69) is 5.32 Å². The first-order valence-corrected chi connectivity index (χ1v) is 10.8. The molecule has 11 heteroatoms. The van der Waals surface area contributed by atoms with E-state index in [0.717, 1.165) is 0 Å². The first-order valence-electron chi connectivity index (χ1n) is 10.8. The van der Waals surface area contributed by atoms with E-state index in [9.17, 15) is 27.6 Å². The molecule has 2 fully saturated rings. The third-order valence-corrected chi connectivity index (χ3v) is 5.88. The van der Waals surface area contributed by atoms with Crippen LogP contribution in [0.15, 0.2) is 12.1 Å². The van der Waals surface area contributed by atoms with Crippen LogP contribution in [0.2, 0.25) is 0 Å². The van der Waals surface area contributed by atoms with Crippen molar-refractivity contribution in [2.24, 2.45) is 11.7 Å². The molecule has 0 saturated carbocycles. The monoisotopic (exact) mass is 470 g/mol. The van der Waals surface area contributed by atoms with E-state index in [1.807, 2.05) is 0 Å². The molecular formula is C22H29F3N4O4. The van der Waals surface area contributed by atoms with Crippen LogP contribution in [0.3, 0.4) is 0 Å². The molecule has 3 N–H and O–H groups in total. The normalized spacial score (nSPS) is 21.0. The van der Waals surface area contributed by atoms with E-state index >= 15 is 0 Å². The SMILES string of the molecule is CC(C)(C)OC(=O)N[C@@H](CC(=O)N1CC[C@H]2CN(C(N)=O)C[C@H]21)Cc1cc(F)c(F)cc1F. The number of benzene rings is 1. The predicted molar refractivity (Wildman–Crippen MR) is 113 cm³/mol. The zero-order chi connectivity index (χ0) is 24.5. The molecule has 33 heavy (non-hydrogen) atoms. The van der Waals surface area contributed by atoms with Gasteiger partial charge in [0.1, 0.15) is 11.4 Å². The molecule has 0 unspecified atom stereocenters. The lowest BCUT2D eigenvalue weighted by Gasteiger charge is -2.28. The molecule has 4 amide bonds. The van der Waals surface area contributed by atoms with Gasteiger partial charge in [-0.2, -0.15) is 0 Å². The number of nitrogens with one attached hydrogen (secondary N) is 1. The number of nitrogens with zero attached hydrogens (tertiary/aromatic N) is 2. The second kappa shape index (κ2) is 9.48. The van der Waals surface area contributed by atoms with Crippen molar-refractivity contribution in [2.75, 3.05) is 19.6 Å². The molecule has 1 aromatic rings. The van der Waals surface area contributed by atoms with Crippen LogP contribution in [0, 0.1) is 23.4 Å². The van der Waals surface area contributed by atoms with Gasteiger partial charge < -0.3 is 25.6 Å². The Bertz CT molecular complexity index is 937. The molecule has 2 aliphatic rings. The Morgan fingerprint density at radius 2 is 1.82 bits per heavy atom. The number of hydrogen-bond donors (Lipinski definition) is 2. The summed E-state index contributed by atoms with van der Waals surface area (Å²) >= 11 is 0. The number of likely N-dealkylation sites (tertiary alicyclic amines) is 2. The molecule has 2 aliphatic heterocycles. The third-order valence-electron chi connectivity index (χ3n) is 5.88. The van der Waals surface area contributed by atoms with Crippen LogP contribution in [0.4, 0.5) is 22.8 Å². The van der Waals surface area contributed by atoms with Crippen molar-refractivity contribution in [1.82, 2.24) is 15.1 Å². The van der Waals surface area contributed by atoms with Crippen molar-refractivity contribution < 1.29 is 32.3 Å². The Kier molecular flexibility index (Phi) is 7.08. The minimum absolute atomic E-state index is 0.113. The number of halogens is 3. The van der Waals surface area contributed by atoms with E-state index in [-0.39, 0.29) is 36.3 Å². The molecule has 2 saturated heterocycles. The van der Waals surface area contributed by atoms with Gasteiger partial charge in [0, 0.05) is 44.1 Å². The van der Waals surface area contributed by atoms with Crippen molar-refractivity contribution in [1.29, 1.82) is 0 Å². The van der Waals surface area contributed by atoms with Gasteiger partial charge in [-0.25, -0.2) is 22.8 Å². The lowest BCUT2D eigenvalue weighted by molar-refractivity contribution is -0.132. The second-order valence-electron chi connectivity index (χ2n) is 9.56. The fourth-order valence-corrected chi connectivity index (χ4v) is 4.41. The Hall–Kier alpha value is -2.98. The smallest absolute Gasteiger partial charge is 0.407 e. The van der Waals surface area contributed by atoms with E-state index in [1.165, 1.54) is 4.90 Å². The summed E-state index contributed by atoms with van der Waals surface area (Å²) in [5, 5.41) is 2.55. The molecule has 3 rings (SSSR count). The number of rotatable bonds is 5. The number of fused-ring (bicyclic) bond motifs is 1. The van der Waals surface area contributed by atoms with Crippen LogP contribution in [0.25, 0.3) is 0 Å². The van der Waals surface area contributed by atoms with Gasteiger partial charge in [0.05, 0.1) is 6.04 Å². The Morgan fingerprint density at radius 1 is 1.15 bits per heavy atom.